The maximum Gasteiger partial charge on any atom is 0.412 e. The number of fused-ring (bicyclic) bond motifs is 1. The van der Waals surface area contributed by atoms with E-state index in [0.29, 0.717) is 35.9 Å². The minimum atomic E-state index is -0.755. The number of amides is 3. The second-order valence-electron chi connectivity index (χ2n) is 9.65. The molecule has 0 spiro atoms. The number of rotatable bonds is 9. The zero-order valence-corrected chi connectivity index (χ0v) is 23.2. The Kier molecular flexibility index (Phi) is 8.43. The molecule has 1 fully saturated rings. The lowest BCUT2D eigenvalue weighted by Crippen LogP contribution is -2.46. The molecule has 1 aliphatic rings. The van der Waals surface area contributed by atoms with Gasteiger partial charge in [-0.15, -0.1) is 10.2 Å². The molecule has 1 aliphatic heterocycles. The van der Waals surface area contributed by atoms with Crippen molar-refractivity contribution in [3.05, 3.63) is 70.4 Å². The van der Waals surface area contributed by atoms with Crippen LogP contribution in [-0.2, 0) is 29.2 Å². The summed E-state index contributed by atoms with van der Waals surface area (Å²) in [5, 5.41) is 18.8. The third kappa shape index (κ3) is 6.22. The topological polar surface area (TPSA) is 164 Å². The number of Topliss-reactive ketones (excluding diaryl/α,β-unsaturated/α-hetero) is 1. The van der Waals surface area contributed by atoms with Crippen LogP contribution in [0.3, 0.4) is 0 Å². The highest BCUT2D eigenvalue weighted by Crippen LogP contribution is 2.28. The molecule has 0 saturated carbocycles. The fourth-order valence-electron chi connectivity index (χ4n) is 4.86. The lowest BCUT2D eigenvalue weighted by molar-refractivity contribution is -0.138. The highest BCUT2D eigenvalue weighted by atomic mass is 35.5. The number of H-pyrrole nitrogens is 1. The van der Waals surface area contributed by atoms with Crippen LogP contribution in [0, 0.1) is 5.82 Å². The van der Waals surface area contributed by atoms with E-state index in [2.05, 4.69) is 31.3 Å². The molecule has 0 radical (unpaired) electrons. The number of benzene rings is 2. The highest BCUT2D eigenvalue weighted by molar-refractivity contribution is 6.30. The van der Waals surface area contributed by atoms with Crippen LogP contribution in [0.2, 0.25) is 5.02 Å². The van der Waals surface area contributed by atoms with Crippen molar-refractivity contribution in [2.24, 2.45) is 0 Å². The molecule has 2 aromatic heterocycles. The first-order chi connectivity index (χ1) is 20.2. The number of aromatic nitrogens is 5. The van der Waals surface area contributed by atoms with Crippen molar-refractivity contribution in [2.45, 2.75) is 45.4 Å². The number of hydrogen-bond donors (Lipinski definition) is 3. The number of carbonyl (C=O) groups is 4. The molecule has 4 aromatic rings. The van der Waals surface area contributed by atoms with Crippen LogP contribution in [0.25, 0.3) is 10.9 Å². The van der Waals surface area contributed by atoms with Crippen LogP contribution in [0.15, 0.2) is 42.6 Å². The number of nitrogens with zero attached hydrogens (tertiary/aromatic N) is 5. The van der Waals surface area contributed by atoms with Gasteiger partial charge in [0.05, 0.1) is 11.6 Å². The predicted octanol–water partition coefficient (Wildman–Crippen LogP) is 2.75. The van der Waals surface area contributed by atoms with Crippen LogP contribution >= 0.6 is 11.6 Å². The van der Waals surface area contributed by atoms with Crippen molar-refractivity contribution in [1.29, 1.82) is 0 Å². The van der Waals surface area contributed by atoms with E-state index >= 15 is 0 Å². The van der Waals surface area contributed by atoms with Crippen LogP contribution in [0.4, 0.5) is 9.18 Å². The number of nitrogens with one attached hydrogen (secondary N) is 3. The molecule has 15 heteroatoms. The van der Waals surface area contributed by atoms with Gasteiger partial charge in [-0.25, -0.2) is 9.18 Å². The highest BCUT2D eigenvalue weighted by Gasteiger charge is 2.34. The molecule has 218 valence electrons. The van der Waals surface area contributed by atoms with E-state index in [0.717, 1.165) is 0 Å². The Labute approximate surface area is 243 Å². The van der Waals surface area contributed by atoms with Gasteiger partial charge in [0.25, 0.3) is 0 Å². The molecular formula is C27H26ClFN8O5. The van der Waals surface area contributed by atoms with E-state index in [-0.39, 0.29) is 59.4 Å². The SMILES string of the molecule is CC(=O)c1cn(CC(=O)N2CCC[C@H]2C(=O)NCc2cccc(Cl)c2F)c2ccc(OC(=O)NCc3nn[nH]n3)cc12. The molecule has 5 rings (SSSR count). The van der Waals surface area contributed by atoms with E-state index in [1.807, 2.05) is 0 Å². The van der Waals surface area contributed by atoms with Crippen molar-refractivity contribution in [2.75, 3.05) is 6.54 Å². The molecule has 3 N–H and O–H groups in total. The Hall–Kier alpha value is -4.85. The molecule has 1 atom stereocenters. The first-order valence-corrected chi connectivity index (χ1v) is 13.4. The summed E-state index contributed by atoms with van der Waals surface area (Å²) in [5.41, 5.74) is 1.16. The summed E-state index contributed by atoms with van der Waals surface area (Å²) in [4.78, 5) is 52.5. The first kappa shape index (κ1) is 28.7. The molecule has 13 nitrogen and oxygen atoms in total. The van der Waals surface area contributed by atoms with E-state index in [4.69, 9.17) is 16.3 Å². The molecule has 0 bridgehead atoms. The van der Waals surface area contributed by atoms with Gasteiger partial charge >= 0.3 is 6.09 Å². The monoisotopic (exact) mass is 596 g/mol. The van der Waals surface area contributed by atoms with Crippen molar-refractivity contribution >= 4 is 46.2 Å². The van der Waals surface area contributed by atoms with Crippen LogP contribution in [0.5, 0.6) is 5.75 Å². The number of likely N-dealkylation sites (tertiary alicyclic amines) is 1. The Balaban J connectivity index is 1.27. The zero-order chi connectivity index (χ0) is 29.8. The standard InChI is InChI=1S/C27H26ClFN8O5/c1-15(38)19-13-36(21-8-7-17(10-18(19)21)42-27(41)31-12-23-32-34-35-33-23)14-24(39)37-9-3-6-22(37)26(40)30-11-16-4-2-5-20(28)25(16)29/h2,4-5,7-8,10,13,22H,3,6,9,11-12,14H2,1H3,(H,30,40)(H,31,41)(H,32,33,34,35)/t22-/m0/s1. The van der Waals surface area contributed by atoms with E-state index < -0.39 is 18.0 Å². The average Bonchev–Trinajstić information content (AvgIpc) is 3.73. The Morgan fingerprint density at radius 1 is 1.17 bits per heavy atom. The maximum absolute atomic E-state index is 14.2. The normalized spacial score (nSPS) is 14.6. The Morgan fingerprint density at radius 2 is 2.00 bits per heavy atom. The molecule has 42 heavy (non-hydrogen) atoms. The summed E-state index contributed by atoms with van der Waals surface area (Å²) in [6.45, 7) is 1.60. The van der Waals surface area contributed by atoms with Gasteiger partial charge in [0.15, 0.2) is 11.6 Å². The molecular weight excluding hydrogens is 571 g/mol. The number of ether oxygens (including phenoxy) is 1. The summed E-state index contributed by atoms with van der Waals surface area (Å²) in [7, 11) is 0. The molecule has 3 heterocycles. The quantitative estimate of drug-likeness (QED) is 0.248. The minimum absolute atomic E-state index is 0.00176. The van der Waals surface area contributed by atoms with Gasteiger partial charge in [-0.3, -0.25) is 14.4 Å². The molecule has 0 aliphatic carbocycles. The fourth-order valence-corrected chi connectivity index (χ4v) is 5.06. The second kappa shape index (κ2) is 12.3. The summed E-state index contributed by atoms with van der Waals surface area (Å²) in [6.07, 6.45) is 1.92. The number of halogens is 2. The van der Waals surface area contributed by atoms with Gasteiger partial charge in [0.2, 0.25) is 11.8 Å². The van der Waals surface area contributed by atoms with Gasteiger partial charge in [0, 0.05) is 41.3 Å². The van der Waals surface area contributed by atoms with Gasteiger partial charge in [-0.1, -0.05) is 28.9 Å². The number of carbonyl (C=O) groups excluding carboxylic acids is 4. The molecule has 0 unspecified atom stereocenters. The summed E-state index contributed by atoms with van der Waals surface area (Å²) in [6, 6.07) is 8.57. The zero-order valence-electron chi connectivity index (χ0n) is 22.4. The average molecular weight is 597 g/mol. The van der Waals surface area contributed by atoms with Crippen LogP contribution in [0.1, 0.15) is 41.5 Å². The van der Waals surface area contributed by atoms with Gasteiger partial charge in [0.1, 0.15) is 24.2 Å². The second-order valence-corrected chi connectivity index (χ2v) is 10.1. The summed E-state index contributed by atoms with van der Waals surface area (Å²) >= 11 is 5.83. The third-order valence-electron chi connectivity index (χ3n) is 6.89. The third-order valence-corrected chi connectivity index (χ3v) is 7.18. The van der Waals surface area contributed by atoms with Gasteiger partial charge in [-0.05, 0) is 44.0 Å². The van der Waals surface area contributed by atoms with Crippen molar-refractivity contribution in [3.8, 4) is 5.75 Å². The maximum atomic E-state index is 14.2. The Bertz CT molecular complexity index is 1660. The van der Waals surface area contributed by atoms with Gasteiger partial charge < -0.3 is 24.8 Å². The number of hydrogen-bond acceptors (Lipinski definition) is 8. The summed E-state index contributed by atoms with van der Waals surface area (Å²) < 4.78 is 21.2. The van der Waals surface area contributed by atoms with E-state index in [1.54, 1.807) is 35.0 Å². The molecule has 1 saturated heterocycles. The number of ketones is 1. The lowest BCUT2D eigenvalue weighted by Gasteiger charge is -2.24. The van der Waals surface area contributed by atoms with Crippen molar-refractivity contribution in [1.82, 2.24) is 40.7 Å². The van der Waals surface area contributed by atoms with E-state index in [9.17, 15) is 23.6 Å². The van der Waals surface area contributed by atoms with Crippen LogP contribution < -0.4 is 15.4 Å². The molecule has 2 aromatic carbocycles. The first-order valence-electron chi connectivity index (χ1n) is 13.0. The predicted molar refractivity (Wildman–Crippen MR) is 147 cm³/mol. The van der Waals surface area contributed by atoms with Crippen molar-refractivity contribution in [3.63, 3.8) is 0 Å². The minimum Gasteiger partial charge on any atom is -0.410 e. The smallest absolute Gasteiger partial charge is 0.410 e. The fraction of sp³-hybridized carbons (Fsp3) is 0.296. The van der Waals surface area contributed by atoms with E-state index in [1.165, 1.54) is 24.0 Å². The largest absolute Gasteiger partial charge is 0.412 e. The lowest BCUT2D eigenvalue weighted by atomic mass is 10.1. The van der Waals surface area contributed by atoms with Crippen molar-refractivity contribution < 1.29 is 28.3 Å². The van der Waals surface area contributed by atoms with Crippen LogP contribution in [-0.4, -0.2) is 66.4 Å². The number of aromatic amines is 1. The Morgan fingerprint density at radius 3 is 2.76 bits per heavy atom. The molecule has 3 amide bonds. The number of tetrazole rings is 1. The summed E-state index contributed by atoms with van der Waals surface area (Å²) in [5.74, 6) is -1.08. The van der Waals surface area contributed by atoms with Gasteiger partial charge in [-0.2, -0.15) is 5.21 Å².